The van der Waals surface area contributed by atoms with E-state index in [1.54, 1.807) is 0 Å². The second kappa shape index (κ2) is 8.30. The van der Waals surface area contributed by atoms with Crippen LogP contribution in [-0.4, -0.2) is 35.7 Å². The Morgan fingerprint density at radius 3 is 2.39 bits per heavy atom. The number of ether oxygens (including phenoxy) is 1. The lowest BCUT2D eigenvalue weighted by molar-refractivity contribution is -0.134. The zero-order chi connectivity index (χ0) is 19.3. The van der Waals surface area contributed by atoms with Crippen molar-refractivity contribution in [1.82, 2.24) is 10.1 Å². The van der Waals surface area contributed by atoms with Gasteiger partial charge >= 0.3 is 0 Å². The van der Waals surface area contributed by atoms with E-state index in [1.165, 1.54) is 12.0 Å². The number of hydrogen-bond acceptors (Lipinski definition) is 4. The first-order valence-corrected chi connectivity index (χ1v) is 9.74. The third-order valence-electron chi connectivity index (χ3n) is 5.07. The van der Waals surface area contributed by atoms with E-state index >= 15 is 0 Å². The minimum Gasteiger partial charge on any atom is -0.484 e. The first-order chi connectivity index (χ1) is 13.7. The summed E-state index contributed by atoms with van der Waals surface area (Å²) < 4.78 is 11.2. The highest BCUT2D eigenvalue weighted by Crippen LogP contribution is 2.27. The molecule has 144 valence electrons. The van der Waals surface area contributed by atoms with Crippen LogP contribution in [-0.2, 0) is 4.79 Å². The molecule has 0 saturated carbocycles. The summed E-state index contributed by atoms with van der Waals surface area (Å²) in [5, 5.41) is 4.17. The van der Waals surface area contributed by atoms with Crippen molar-refractivity contribution in [3.63, 3.8) is 0 Å². The molecule has 1 amide bonds. The van der Waals surface area contributed by atoms with Crippen LogP contribution in [0.5, 0.6) is 5.75 Å². The van der Waals surface area contributed by atoms with Crippen LogP contribution in [0.1, 0.15) is 24.8 Å². The lowest BCUT2D eigenvalue weighted by atomic mass is 10.1. The summed E-state index contributed by atoms with van der Waals surface area (Å²) in [7, 11) is 0. The molecule has 1 aliphatic rings. The van der Waals surface area contributed by atoms with Gasteiger partial charge in [-0.3, -0.25) is 4.79 Å². The molecule has 1 saturated heterocycles. The van der Waals surface area contributed by atoms with Crippen LogP contribution in [0.15, 0.2) is 59.1 Å². The molecule has 0 aliphatic carbocycles. The van der Waals surface area contributed by atoms with Gasteiger partial charge in [0.1, 0.15) is 11.4 Å². The second-order valence-electron chi connectivity index (χ2n) is 7.20. The summed E-state index contributed by atoms with van der Waals surface area (Å²) in [6.45, 7) is 3.83. The van der Waals surface area contributed by atoms with E-state index in [0.29, 0.717) is 5.75 Å². The maximum Gasteiger partial charge on any atom is 0.260 e. The summed E-state index contributed by atoms with van der Waals surface area (Å²) >= 11 is 0. The van der Waals surface area contributed by atoms with E-state index in [0.717, 1.165) is 48.5 Å². The van der Waals surface area contributed by atoms with E-state index in [9.17, 15) is 4.79 Å². The highest BCUT2D eigenvalue weighted by Gasteiger charge is 2.16. The molecule has 1 aliphatic heterocycles. The molecule has 3 aromatic rings. The van der Waals surface area contributed by atoms with Gasteiger partial charge in [0.25, 0.3) is 5.91 Å². The molecule has 5 nitrogen and oxygen atoms in total. The fraction of sp³-hybridized carbons (Fsp3) is 0.304. The quantitative estimate of drug-likeness (QED) is 0.647. The van der Waals surface area contributed by atoms with Crippen LogP contribution < -0.4 is 4.74 Å². The Morgan fingerprint density at radius 2 is 1.68 bits per heavy atom. The van der Waals surface area contributed by atoms with Crippen molar-refractivity contribution in [2.24, 2.45) is 0 Å². The van der Waals surface area contributed by atoms with E-state index in [-0.39, 0.29) is 12.5 Å². The molecule has 1 fully saturated rings. The lowest BCUT2D eigenvalue weighted by Gasteiger charge is -2.26. The van der Waals surface area contributed by atoms with Crippen LogP contribution >= 0.6 is 0 Å². The number of piperidine rings is 1. The van der Waals surface area contributed by atoms with Gasteiger partial charge in [-0.15, -0.1) is 0 Å². The predicted molar refractivity (Wildman–Crippen MR) is 108 cm³/mol. The Hall–Kier alpha value is -3.08. The van der Waals surface area contributed by atoms with Crippen molar-refractivity contribution in [3.8, 4) is 28.3 Å². The predicted octanol–water partition coefficient (Wildman–Crippen LogP) is 4.71. The maximum atomic E-state index is 12.2. The summed E-state index contributed by atoms with van der Waals surface area (Å²) in [5.41, 5.74) is 3.92. The van der Waals surface area contributed by atoms with E-state index in [2.05, 4.69) is 24.2 Å². The molecular weight excluding hydrogens is 352 g/mol. The average molecular weight is 376 g/mol. The van der Waals surface area contributed by atoms with Crippen molar-refractivity contribution in [3.05, 3.63) is 60.2 Å². The SMILES string of the molecule is Cc1ccc(-c2cc(-c3ccc(OCC(=O)N4CCCCC4)cc3)no2)cc1. The molecule has 1 aromatic heterocycles. The minimum absolute atomic E-state index is 0.0583. The van der Waals surface area contributed by atoms with Crippen molar-refractivity contribution < 1.29 is 14.1 Å². The normalized spacial score (nSPS) is 14.1. The molecule has 0 N–H and O–H groups in total. The summed E-state index contributed by atoms with van der Waals surface area (Å²) in [4.78, 5) is 14.1. The lowest BCUT2D eigenvalue weighted by Crippen LogP contribution is -2.38. The van der Waals surface area contributed by atoms with E-state index in [4.69, 9.17) is 9.26 Å². The number of rotatable bonds is 5. The van der Waals surface area contributed by atoms with Crippen LogP contribution in [0, 0.1) is 6.92 Å². The van der Waals surface area contributed by atoms with Gasteiger partial charge < -0.3 is 14.2 Å². The number of carbonyl (C=O) groups excluding carboxylic acids is 1. The van der Waals surface area contributed by atoms with Gasteiger partial charge in [-0.2, -0.15) is 0 Å². The van der Waals surface area contributed by atoms with Gasteiger partial charge in [0.15, 0.2) is 12.4 Å². The van der Waals surface area contributed by atoms with Crippen molar-refractivity contribution in [2.75, 3.05) is 19.7 Å². The fourth-order valence-electron chi connectivity index (χ4n) is 3.37. The molecule has 0 atom stereocenters. The average Bonchev–Trinajstić information content (AvgIpc) is 3.24. The Morgan fingerprint density at radius 1 is 1.00 bits per heavy atom. The number of likely N-dealkylation sites (tertiary alicyclic amines) is 1. The van der Waals surface area contributed by atoms with Gasteiger partial charge in [-0.1, -0.05) is 35.0 Å². The molecule has 2 heterocycles. The number of aryl methyl sites for hydroxylation is 1. The molecule has 0 unspecified atom stereocenters. The molecule has 2 aromatic carbocycles. The highest BCUT2D eigenvalue weighted by atomic mass is 16.5. The highest BCUT2D eigenvalue weighted by molar-refractivity contribution is 5.78. The zero-order valence-corrected chi connectivity index (χ0v) is 16.1. The number of carbonyl (C=O) groups is 1. The van der Waals surface area contributed by atoms with Crippen molar-refractivity contribution in [2.45, 2.75) is 26.2 Å². The number of aromatic nitrogens is 1. The first kappa shape index (κ1) is 18.3. The molecule has 4 rings (SSSR count). The van der Waals surface area contributed by atoms with Crippen molar-refractivity contribution in [1.29, 1.82) is 0 Å². The third kappa shape index (κ3) is 4.25. The Balaban J connectivity index is 1.38. The van der Waals surface area contributed by atoms with Crippen LogP contribution in [0.4, 0.5) is 0 Å². The van der Waals surface area contributed by atoms with Gasteiger partial charge in [0.05, 0.1) is 0 Å². The number of amides is 1. The third-order valence-corrected chi connectivity index (χ3v) is 5.07. The first-order valence-electron chi connectivity index (χ1n) is 9.74. The van der Waals surface area contributed by atoms with Gasteiger partial charge in [0, 0.05) is 30.3 Å². The van der Waals surface area contributed by atoms with E-state index in [1.807, 2.05) is 47.4 Å². The van der Waals surface area contributed by atoms with Gasteiger partial charge in [0.2, 0.25) is 0 Å². The standard InChI is InChI=1S/C23H24N2O3/c1-17-5-7-19(8-6-17)22-15-21(24-28-22)18-9-11-20(12-10-18)27-16-23(26)25-13-3-2-4-14-25/h5-12,15H,2-4,13-14,16H2,1H3. The molecule has 5 heteroatoms. The molecule has 0 spiro atoms. The van der Waals surface area contributed by atoms with Gasteiger partial charge in [-0.25, -0.2) is 0 Å². The molecule has 0 bridgehead atoms. The summed E-state index contributed by atoms with van der Waals surface area (Å²) in [6, 6.07) is 17.7. The number of nitrogens with zero attached hydrogens (tertiary/aromatic N) is 2. The largest absolute Gasteiger partial charge is 0.484 e. The molecular formula is C23H24N2O3. The summed E-state index contributed by atoms with van der Waals surface area (Å²) in [6.07, 6.45) is 3.38. The number of benzene rings is 2. The fourth-order valence-corrected chi connectivity index (χ4v) is 3.37. The number of hydrogen-bond donors (Lipinski definition) is 0. The Bertz CT molecular complexity index is 923. The van der Waals surface area contributed by atoms with Crippen LogP contribution in [0.2, 0.25) is 0 Å². The van der Waals surface area contributed by atoms with Crippen LogP contribution in [0.25, 0.3) is 22.6 Å². The minimum atomic E-state index is 0.0583. The van der Waals surface area contributed by atoms with Crippen LogP contribution in [0.3, 0.4) is 0 Å². The Kier molecular flexibility index (Phi) is 5.42. The topological polar surface area (TPSA) is 55.6 Å². The summed E-state index contributed by atoms with van der Waals surface area (Å²) in [5.74, 6) is 1.47. The smallest absolute Gasteiger partial charge is 0.260 e. The maximum absolute atomic E-state index is 12.2. The molecule has 0 radical (unpaired) electrons. The van der Waals surface area contributed by atoms with Gasteiger partial charge in [-0.05, 0) is 50.5 Å². The van der Waals surface area contributed by atoms with E-state index < -0.39 is 0 Å². The monoisotopic (exact) mass is 376 g/mol. The second-order valence-corrected chi connectivity index (χ2v) is 7.20. The molecule has 28 heavy (non-hydrogen) atoms. The Labute approximate surface area is 164 Å². The zero-order valence-electron chi connectivity index (χ0n) is 16.1. The van der Waals surface area contributed by atoms with Crippen molar-refractivity contribution >= 4 is 5.91 Å².